The standard InChI is InChI=1S/C19H21N3O/c1-14(2)22-13-16(17-5-3-4-6-18(17)22)11-19(23)21-12-15-7-9-20-10-8-15/h3-10,13-14H,11-12H2,1-2H3,(H,21,23). The van der Waals surface area contributed by atoms with Gasteiger partial charge in [-0.05, 0) is 43.2 Å². The Morgan fingerprint density at radius 1 is 1.17 bits per heavy atom. The van der Waals surface area contributed by atoms with Gasteiger partial charge in [-0.15, -0.1) is 0 Å². The van der Waals surface area contributed by atoms with Gasteiger partial charge >= 0.3 is 0 Å². The number of nitrogens with zero attached hydrogens (tertiary/aromatic N) is 2. The molecule has 0 radical (unpaired) electrons. The Labute approximate surface area is 136 Å². The van der Waals surface area contributed by atoms with Crippen LogP contribution >= 0.6 is 0 Å². The van der Waals surface area contributed by atoms with Gasteiger partial charge in [0, 0.05) is 42.1 Å². The molecular weight excluding hydrogens is 286 g/mol. The fraction of sp³-hybridized carbons (Fsp3) is 0.263. The van der Waals surface area contributed by atoms with Gasteiger partial charge in [-0.1, -0.05) is 18.2 Å². The van der Waals surface area contributed by atoms with Gasteiger partial charge in [0.15, 0.2) is 0 Å². The number of rotatable bonds is 5. The predicted molar refractivity (Wildman–Crippen MR) is 92.1 cm³/mol. The second kappa shape index (κ2) is 6.65. The summed E-state index contributed by atoms with van der Waals surface area (Å²) in [5.41, 5.74) is 3.30. The first-order valence-electron chi connectivity index (χ1n) is 7.89. The summed E-state index contributed by atoms with van der Waals surface area (Å²) in [4.78, 5) is 16.3. The summed E-state index contributed by atoms with van der Waals surface area (Å²) in [5, 5.41) is 4.13. The van der Waals surface area contributed by atoms with Crippen LogP contribution in [0, 0.1) is 0 Å². The fourth-order valence-electron chi connectivity index (χ4n) is 2.78. The van der Waals surface area contributed by atoms with Crippen molar-refractivity contribution in [1.82, 2.24) is 14.9 Å². The highest BCUT2D eigenvalue weighted by Gasteiger charge is 2.13. The molecular formula is C19H21N3O. The molecule has 0 saturated carbocycles. The lowest BCUT2D eigenvalue weighted by molar-refractivity contribution is -0.120. The fourth-order valence-corrected chi connectivity index (χ4v) is 2.78. The average molecular weight is 307 g/mol. The molecule has 0 fully saturated rings. The zero-order chi connectivity index (χ0) is 16.2. The molecule has 0 bridgehead atoms. The third-order valence-corrected chi connectivity index (χ3v) is 3.97. The van der Waals surface area contributed by atoms with Crippen LogP contribution in [-0.4, -0.2) is 15.5 Å². The Balaban J connectivity index is 1.75. The summed E-state index contributed by atoms with van der Waals surface area (Å²) in [6, 6.07) is 12.4. The smallest absolute Gasteiger partial charge is 0.224 e. The van der Waals surface area contributed by atoms with E-state index >= 15 is 0 Å². The number of carbonyl (C=O) groups is 1. The predicted octanol–water partition coefficient (Wildman–Crippen LogP) is 3.48. The van der Waals surface area contributed by atoms with Gasteiger partial charge in [0.05, 0.1) is 6.42 Å². The van der Waals surface area contributed by atoms with Gasteiger partial charge in [0.25, 0.3) is 0 Å². The van der Waals surface area contributed by atoms with Crippen molar-refractivity contribution in [3.8, 4) is 0 Å². The van der Waals surface area contributed by atoms with E-state index in [4.69, 9.17) is 0 Å². The molecule has 0 saturated heterocycles. The van der Waals surface area contributed by atoms with Crippen LogP contribution in [0.25, 0.3) is 10.9 Å². The number of nitrogens with one attached hydrogen (secondary N) is 1. The molecule has 0 atom stereocenters. The molecule has 4 nitrogen and oxygen atoms in total. The number of hydrogen-bond acceptors (Lipinski definition) is 2. The van der Waals surface area contributed by atoms with E-state index in [0.29, 0.717) is 19.0 Å². The second-order valence-corrected chi connectivity index (χ2v) is 5.98. The van der Waals surface area contributed by atoms with E-state index in [-0.39, 0.29) is 5.91 Å². The minimum absolute atomic E-state index is 0.0356. The largest absolute Gasteiger partial charge is 0.352 e. The number of hydrogen-bond donors (Lipinski definition) is 1. The summed E-state index contributed by atoms with van der Waals surface area (Å²) in [6.45, 7) is 4.84. The molecule has 0 aliphatic rings. The Morgan fingerprint density at radius 3 is 2.65 bits per heavy atom. The number of benzene rings is 1. The molecule has 23 heavy (non-hydrogen) atoms. The summed E-state index contributed by atoms with van der Waals surface area (Å²) >= 11 is 0. The van der Waals surface area contributed by atoms with Gasteiger partial charge in [0.1, 0.15) is 0 Å². The number of amides is 1. The van der Waals surface area contributed by atoms with Gasteiger partial charge in [-0.2, -0.15) is 0 Å². The maximum Gasteiger partial charge on any atom is 0.224 e. The molecule has 4 heteroatoms. The van der Waals surface area contributed by atoms with Crippen molar-refractivity contribution in [2.75, 3.05) is 0 Å². The minimum Gasteiger partial charge on any atom is -0.352 e. The third kappa shape index (κ3) is 3.42. The minimum atomic E-state index is 0.0356. The van der Waals surface area contributed by atoms with Crippen LogP contribution in [0.4, 0.5) is 0 Å². The van der Waals surface area contributed by atoms with Crippen LogP contribution in [0.2, 0.25) is 0 Å². The highest BCUT2D eigenvalue weighted by molar-refractivity contribution is 5.89. The molecule has 3 aromatic rings. The van der Waals surface area contributed by atoms with Crippen LogP contribution in [0.5, 0.6) is 0 Å². The lowest BCUT2D eigenvalue weighted by Crippen LogP contribution is -2.24. The second-order valence-electron chi connectivity index (χ2n) is 5.98. The van der Waals surface area contributed by atoms with Crippen LogP contribution in [0.1, 0.15) is 31.0 Å². The first-order valence-corrected chi connectivity index (χ1v) is 7.89. The molecule has 3 rings (SSSR count). The Morgan fingerprint density at radius 2 is 1.91 bits per heavy atom. The number of carbonyl (C=O) groups excluding carboxylic acids is 1. The van der Waals surface area contributed by atoms with Crippen LogP contribution in [0.3, 0.4) is 0 Å². The number of aromatic nitrogens is 2. The molecule has 2 heterocycles. The Hall–Kier alpha value is -2.62. The zero-order valence-corrected chi connectivity index (χ0v) is 13.5. The zero-order valence-electron chi connectivity index (χ0n) is 13.5. The summed E-state index contributed by atoms with van der Waals surface area (Å²) in [7, 11) is 0. The molecule has 0 unspecified atom stereocenters. The van der Waals surface area contributed by atoms with Gasteiger partial charge in [0.2, 0.25) is 5.91 Å². The lowest BCUT2D eigenvalue weighted by atomic mass is 10.1. The number of pyridine rings is 1. The normalized spacial score (nSPS) is 11.1. The van der Waals surface area contributed by atoms with Crippen molar-refractivity contribution in [3.63, 3.8) is 0 Å². The monoisotopic (exact) mass is 307 g/mol. The molecule has 2 aromatic heterocycles. The molecule has 1 amide bonds. The summed E-state index contributed by atoms with van der Waals surface area (Å²) in [6.07, 6.45) is 5.96. The third-order valence-electron chi connectivity index (χ3n) is 3.97. The summed E-state index contributed by atoms with van der Waals surface area (Å²) in [5.74, 6) is 0.0356. The summed E-state index contributed by atoms with van der Waals surface area (Å²) < 4.78 is 2.22. The molecule has 0 aliphatic carbocycles. The molecule has 1 aromatic carbocycles. The van der Waals surface area contributed by atoms with Gasteiger partial charge < -0.3 is 9.88 Å². The van der Waals surface area contributed by atoms with E-state index in [1.165, 1.54) is 5.52 Å². The lowest BCUT2D eigenvalue weighted by Gasteiger charge is -2.08. The van der Waals surface area contributed by atoms with E-state index < -0.39 is 0 Å². The molecule has 118 valence electrons. The first kappa shape index (κ1) is 15.3. The molecule has 0 spiro atoms. The van der Waals surface area contributed by atoms with Crippen molar-refractivity contribution in [1.29, 1.82) is 0 Å². The van der Waals surface area contributed by atoms with E-state index in [2.05, 4.69) is 47.0 Å². The van der Waals surface area contributed by atoms with Crippen LogP contribution in [-0.2, 0) is 17.8 Å². The maximum absolute atomic E-state index is 12.3. The number of para-hydroxylation sites is 1. The van der Waals surface area contributed by atoms with E-state index in [9.17, 15) is 4.79 Å². The molecule has 0 aliphatic heterocycles. The van der Waals surface area contributed by atoms with Crippen molar-refractivity contribution in [2.45, 2.75) is 32.9 Å². The van der Waals surface area contributed by atoms with E-state index in [1.807, 2.05) is 24.3 Å². The van der Waals surface area contributed by atoms with Crippen molar-refractivity contribution in [2.24, 2.45) is 0 Å². The van der Waals surface area contributed by atoms with Crippen molar-refractivity contribution < 1.29 is 4.79 Å². The maximum atomic E-state index is 12.3. The highest BCUT2D eigenvalue weighted by Crippen LogP contribution is 2.24. The van der Waals surface area contributed by atoms with Gasteiger partial charge in [-0.3, -0.25) is 9.78 Å². The quantitative estimate of drug-likeness (QED) is 0.784. The van der Waals surface area contributed by atoms with Crippen LogP contribution < -0.4 is 5.32 Å². The highest BCUT2D eigenvalue weighted by atomic mass is 16.1. The Kier molecular flexibility index (Phi) is 4.42. The van der Waals surface area contributed by atoms with Gasteiger partial charge in [-0.25, -0.2) is 0 Å². The Bertz CT molecular complexity index is 806. The van der Waals surface area contributed by atoms with Crippen molar-refractivity contribution in [3.05, 3.63) is 66.1 Å². The first-order chi connectivity index (χ1) is 11.1. The average Bonchev–Trinajstić information content (AvgIpc) is 2.93. The molecule has 1 N–H and O–H groups in total. The number of fused-ring (bicyclic) bond motifs is 1. The van der Waals surface area contributed by atoms with Crippen molar-refractivity contribution >= 4 is 16.8 Å². The SMILES string of the molecule is CC(C)n1cc(CC(=O)NCc2ccncc2)c2ccccc21. The van der Waals surface area contributed by atoms with E-state index in [0.717, 1.165) is 16.5 Å². The topological polar surface area (TPSA) is 46.9 Å². The van der Waals surface area contributed by atoms with E-state index in [1.54, 1.807) is 12.4 Å². The van der Waals surface area contributed by atoms with Crippen LogP contribution in [0.15, 0.2) is 55.0 Å².